The number of thiazole rings is 1. The largest absolute Gasteiger partial charge is 0.302 e. The number of benzene rings is 2. The van der Waals surface area contributed by atoms with Crippen LogP contribution in [0.1, 0.15) is 28.0 Å². The molecule has 33 heavy (non-hydrogen) atoms. The lowest BCUT2D eigenvalue weighted by Gasteiger charge is -2.13. The summed E-state index contributed by atoms with van der Waals surface area (Å²) in [7, 11) is 0. The van der Waals surface area contributed by atoms with Crippen LogP contribution >= 0.6 is 35.3 Å². The highest BCUT2D eigenvalue weighted by molar-refractivity contribution is 8.26. The van der Waals surface area contributed by atoms with Crippen molar-refractivity contribution in [3.05, 3.63) is 87.0 Å². The molecule has 1 N–H and O–H groups in total. The van der Waals surface area contributed by atoms with E-state index in [1.54, 1.807) is 24.4 Å². The van der Waals surface area contributed by atoms with Gasteiger partial charge in [-0.05, 0) is 36.3 Å². The summed E-state index contributed by atoms with van der Waals surface area (Å²) >= 11 is 7.92. The molecule has 0 atom stereocenters. The lowest BCUT2D eigenvalue weighted by atomic mass is 10.1. The minimum atomic E-state index is -0.340. The quantitative estimate of drug-likeness (QED) is 0.349. The summed E-state index contributed by atoms with van der Waals surface area (Å²) in [6.45, 7) is 2.23. The summed E-state index contributed by atoms with van der Waals surface area (Å²) in [5, 5.41) is 3.33. The van der Waals surface area contributed by atoms with Crippen molar-refractivity contribution in [1.29, 1.82) is 0 Å². The second-order valence-corrected chi connectivity index (χ2v) is 10.3. The lowest BCUT2D eigenvalue weighted by Crippen LogP contribution is -2.31. The third kappa shape index (κ3) is 6.13. The van der Waals surface area contributed by atoms with Gasteiger partial charge in [-0.2, -0.15) is 0 Å². The molecular weight excluding hydrogens is 477 g/mol. The van der Waals surface area contributed by atoms with Gasteiger partial charge < -0.3 is 5.32 Å². The maximum absolute atomic E-state index is 13.1. The average Bonchev–Trinajstić information content (AvgIpc) is 3.33. The van der Waals surface area contributed by atoms with Gasteiger partial charge in [0.2, 0.25) is 5.91 Å². The molecule has 0 saturated carbocycles. The summed E-state index contributed by atoms with van der Waals surface area (Å²) in [4.78, 5) is 32.3. The van der Waals surface area contributed by atoms with Gasteiger partial charge in [0.1, 0.15) is 10.1 Å². The number of hydrogen-bond acceptors (Lipinski definition) is 6. The van der Waals surface area contributed by atoms with E-state index >= 15 is 0 Å². The minimum Gasteiger partial charge on any atom is -0.302 e. The van der Waals surface area contributed by atoms with E-state index in [4.69, 9.17) is 12.2 Å². The first-order chi connectivity index (χ1) is 15.9. The van der Waals surface area contributed by atoms with Gasteiger partial charge in [0.05, 0.1) is 4.91 Å². The normalized spacial score (nSPS) is 14.8. The summed E-state index contributed by atoms with van der Waals surface area (Å²) < 4.78 is 13.5. The third-order valence-corrected chi connectivity index (χ3v) is 7.19. The number of thioether (sulfide) groups is 1. The summed E-state index contributed by atoms with van der Waals surface area (Å²) in [5.74, 6) is -0.826. The highest BCUT2D eigenvalue weighted by Crippen LogP contribution is 2.32. The zero-order valence-corrected chi connectivity index (χ0v) is 20.2. The molecule has 2 heterocycles. The number of hydrogen-bond donors (Lipinski definition) is 1. The molecule has 9 heteroatoms. The van der Waals surface area contributed by atoms with E-state index in [-0.39, 0.29) is 30.6 Å². The highest BCUT2D eigenvalue weighted by Gasteiger charge is 2.32. The van der Waals surface area contributed by atoms with Gasteiger partial charge in [-0.25, -0.2) is 9.37 Å². The fourth-order valence-electron chi connectivity index (χ4n) is 3.15. The fourth-order valence-corrected chi connectivity index (χ4v) is 5.32. The van der Waals surface area contributed by atoms with Crippen molar-refractivity contribution in [2.75, 3.05) is 11.9 Å². The number of thiocarbonyl (C=S) groups is 1. The van der Waals surface area contributed by atoms with Gasteiger partial charge in [0.15, 0.2) is 5.13 Å². The van der Waals surface area contributed by atoms with E-state index in [9.17, 15) is 14.0 Å². The maximum atomic E-state index is 13.1. The van der Waals surface area contributed by atoms with Gasteiger partial charge in [0, 0.05) is 30.5 Å². The van der Waals surface area contributed by atoms with Crippen LogP contribution in [0.4, 0.5) is 9.52 Å². The van der Waals surface area contributed by atoms with E-state index in [1.165, 1.54) is 51.3 Å². The van der Waals surface area contributed by atoms with E-state index < -0.39 is 0 Å². The van der Waals surface area contributed by atoms with Crippen molar-refractivity contribution in [1.82, 2.24) is 9.88 Å². The van der Waals surface area contributed by atoms with Crippen molar-refractivity contribution >= 4 is 62.7 Å². The molecule has 0 spiro atoms. The van der Waals surface area contributed by atoms with Gasteiger partial charge in [-0.15, -0.1) is 11.3 Å². The molecule has 4 rings (SSSR count). The summed E-state index contributed by atoms with van der Waals surface area (Å²) in [6.07, 6.45) is 4.29. The maximum Gasteiger partial charge on any atom is 0.266 e. The molecule has 1 saturated heterocycles. The predicted octanol–water partition coefficient (Wildman–Crippen LogP) is 5.41. The van der Waals surface area contributed by atoms with Gasteiger partial charge in [0.25, 0.3) is 5.91 Å². The van der Waals surface area contributed by atoms with E-state index in [1.807, 2.05) is 6.92 Å². The molecule has 0 unspecified atom stereocenters. The Hall–Kier alpha value is -2.88. The highest BCUT2D eigenvalue weighted by atomic mass is 32.2. The number of halogens is 1. The van der Waals surface area contributed by atoms with Crippen LogP contribution in [-0.2, 0) is 16.0 Å². The summed E-state index contributed by atoms with van der Waals surface area (Å²) in [5.41, 5.74) is 3.11. The smallest absolute Gasteiger partial charge is 0.266 e. The van der Waals surface area contributed by atoms with Crippen LogP contribution in [0.5, 0.6) is 0 Å². The van der Waals surface area contributed by atoms with Gasteiger partial charge in [-0.3, -0.25) is 14.5 Å². The number of rotatable bonds is 7. The topological polar surface area (TPSA) is 62.3 Å². The number of anilines is 1. The first-order valence-electron chi connectivity index (χ1n) is 10.2. The molecule has 2 aromatic carbocycles. The second kappa shape index (κ2) is 10.4. The molecule has 1 aliphatic heterocycles. The molecule has 2 amide bonds. The van der Waals surface area contributed by atoms with Crippen molar-refractivity contribution in [3.63, 3.8) is 0 Å². The number of aromatic nitrogens is 1. The van der Waals surface area contributed by atoms with Crippen molar-refractivity contribution in [2.45, 2.75) is 19.8 Å². The number of nitrogens with one attached hydrogen (secondary N) is 1. The molecular formula is C24H20FN3O2S3. The Labute approximate surface area is 204 Å². The Kier molecular flexibility index (Phi) is 7.32. The number of amides is 2. The van der Waals surface area contributed by atoms with Crippen LogP contribution in [-0.4, -0.2) is 32.6 Å². The molecule has 1 fully saturated rings. The molecule has 1 aliphatic rings. The zero-order chi connectivity index (χ0) is 23.4. The Balaban J connectivity index is 1.30. The fraction of sp³-hybridized carbons (Fsp3) is 0.167. The van der Waals surface area contributed by atoms with Crippen LogP contribution in [0.25, 0.3) is 6.08 Å². The average molecular weight is 498 g/mol. The Morgan fingerprint density at radius 2 is 1.91 bits per heavy atom. The Bertz CT molecular complexity index is 1220. The SMILES string of the molecule is Cc1ccc(Cc2cnc(NC(=O)CCN3C(=O)/C(=C/c4ccc(F)cc4)SC3=S)s2)cc1. The monoisotopic (exact) mass is 497 g/mol. The Morgan fingerprint density at radius 3 is 2.64 bits per heavy atom. The molecule has 0 radical (unpaired) electrons. The van der Waals surface area contributed by atoms with Crippen molar-refractivity contribution in [3.8, 4) is 0 Å². The van der Waals surface area contributed by atoms with Crippen LogP contribution in [0, 0.1) is 12.7 Å². The van der Waals surface area contributed by atoms with E-state index in [2.05, 4.69) is 34.6 Å². The van der Waals surface area contributed by atoms with Crippen LogP contribution in [0.2, 0.25) is 0 Å². The summed E-state index contributed by atoms with van der Waals surface area (Å²) in [6, 6.07) is 14.2. The molecule has 0 bridgehead atoms. The van der Waals surface area contributed by atoms with E-state index in [0.717, 1.165) is 11.3 Å². The van der Waals surface area contributed by atoms with Gasteiger partial charge >= 0.3 is 0 Å². The second-order valence-electron chi connectivity index (χ2n) is 7.48. The minimum absolute atomic E-state index is 0.100. The lowest BCUT2D eigenvalue weighted by molar-refractivity contribution is -0.122. The number of nitrogens with zero attached hydrogens (tertiary/aromatic N) is 2. The molecule has 0 aliphatic carbocycles. The van der Waals surface area contributed by atoms with Crippen molar-refractivity contribution in [2.24, 2.45) is 0 Å². The number of aryl methyl sites for hydroxylation is 1. The zero-order valence-electron chi connectivity index (χ0n) is 17.7. The first-order valence-corrected chi connectivity index (χ1v) is 12.2. The molecule has 1 aromatic heterocycles. The number of carbonyl (C=O) groups excluding carboxylic acids is 2. The van der Waals surface area contributed by atoms with Crippen molar-refractivity contribution < 1.29 is 14.0 Å². The standard InChI is InChI=1S/C24H20FN3O2S3/c1-15-2-4-16(5-3-15)12-19-14-26-23(32-19)27-21(29)10-11-28-22(30)20(33-24(28)31)13-17-6-8-18(25)9-7-17/h2-9,13-14H,10-12H2,1H3,(H,26,27,29)/b20-13-. The van der Waals surface area contributed by atoms with Crippen LogP contribution in [0.3, 0.4) is 0 Å². The van der Waals surface area contributed by atoms with Crippen LogP contribution in [0.15, 0.2) is 59.6 Å². The Morgan fingerprint density at radius 1 is 1.18 bits per heavy atom. The molecule has 3 aromatic rings. The number of carbonyl (C=O) groups is 2. The van der Waals surface area contributed by atoms with Crippen LogP contribution < -0.4 is 5.32 Å². The molecule has 168 valence electrons. The predicted molar refractivity (Wildman–Crippen MR) is 136 cm³/mol. The molecule has 5 nitrogen and oxygen atoms in total. The third-order valence-electron chi connectivity index (χ3n) is 4.90. The van der Waals surface area contributed by atoms with Gasteiger partial charge in [-0.1, -0.05) is 65.9 Å². The first kappa shape index (κ1) is 23.3. The van der Waals surface area contributed by atoms with E-state index in [0.29, 0.717) is 19.9 Å².